The van der Waals surface area contributed by atoms with Crippen molar-refractivity contribution >= 4 is 17.4 Å². The van der Waals surface area contributed by atoms with Gasteiger partial charge in [0.15, 0.2) is 5.82 Å². The number of rotatable bonds is 6. The van der Waals surface area contributed by atoms with Gasteiger partial charge in [0, 0.05) is 17.7 Å². The van der Waals surface area contributed by atoms with Crippen LogP contribution >= 0.6 is 0 Å². The van der Waals surface area contributed by atoms with Gasteiger partial charge in [0.2, 0.25) is 5.91 Å². The summed E-state index contributed by atoms with van der Waals surface area (Å²) < 4.78 is 0. The van der Waals surface area contributed by atoms with Gasteiger partial charge in [-0.3, -0.25) is 4.79 Å². The molecule has 3 N–H and O–H groups in total. The zero-order valence-electron chi connectivity index (χ0n) is 19.1. The molecule has 3 aromatic rings. The van der Waals surface area contributed by atoms with Crippen LogP contribution in [-0.2, 0) is 30.5 Å². The minimum absolute atomic E-state index is 0.00183. The number of aryl methyl sites for hydroxylation is 3. The first-order valence-corrected chi connectivity index (χ1v) is 12.3. The van der Waals surface area contributed by atoms with Gasteiger partial charge in [-0.1, -0.05) is 68.5 Å². The minimum atomic E-state index is 0.00183. The highest BCUT2D eigenvalue weighted by molar-refractivity contribution is 5.90. The number of nitrogen functional groups attached to an aromatic ring is 1. The summed E-state index contributed by atoms with van der Waals surface area (Å²) in [6.07, 6.45) is 10.1. The van der Waals surface area contributed by atoms with E-state index in [1.807, 2.05) is 24.3 Å². The molecule has 2 aliphatic carbocycles. The number of amides is 1. The van der Waals surface area contributed by atoms with Crippen LogP contribution in [0.15, 0.2) is 48.5 Å². The Hall–Kier alpha value is -3.21. The molecule has 2 aliphatic rings. The predicted molar refractivity (Wildman–Crippen MR) is 133 cm³/mol. The molecule has 0 spiro atoms. The smallest absolute Gasteiger partial charge is 0.225 e. The average Bonchev–Trinajstić information content (AvgIpc) is 2.84. The highest BCUT2D eigenvalue weighted by Crippen LogP contribution is 2.35. The number of benzene rings is 2. The molecule has 5 nitrogen and oxygen atoms in total. The van der Waals surface area contributed by atoms with Crippen LogP contribution in [0.2, 0.25) is 0 Å². The average molecular weight is 441 g/mol. The molecule has 0 atom stereocenters. The van der Waals surface area contributed by atoms with E-state index in [9.17, 15) is 4.79 Å². The summed E-state index contributed by atoms with van der Waals surface area (Å²) in [5.74, 6) is 1.28. The number of nitrogens with one attached hydrogen (secondary N) is 1. The molecule has 5 rings (SSSR count). The molecule has 170 valence electrons. The highest BCUT2D eigenvalue weighted by atomic mass is 16.1. The molecule has 0 saturated heterocycles. The lowest BCUT2D eigenvalue weighted by Crippen LogP contribution is -2.20. The minimum Gasteiger partial charge on any atom is -0.399 e. The van der Waals surface area contributed by atoms with E-state index in [2.05, 4.69) is 29.6 Å². The van der Waals surface area contributed by atoms with Gasteiger partial charge in [-0.25, -0.2) is 9.97 Å². The van der Waals surface area contributed by atoms with Crippen molar-refractivity contribution in [2.45, 2.75) is 64.2 Å². The number of aromatic nitrogens is 2. The predicted octanol–water partition coefficient (Wildman–Crippen LogP) is 5.52. The molecule has 1 fully saturated rings. The van der Waals surface area contributed by atoms with Crippen molar-refractivity contribution in [3.8, 4) is 11.3 Å². The zero-order chi connectivity index (χ0) is 22.6. The largest absolute Gasteiger partial charge is 0.399 e. The van der Waals surface area contributed by atoms with E-state index >= 15 is 0 Å². The third-order valence-electron chi connectivity index (χ3n) is 7.00. The van der Waals surface area contributed by atoms with E-state index < -0.39 is 0 Å². The van der Waals surface area contributed by atoms with Gasteiger partial charge in [0.1, 0.15) is 0 Å². The van der Waals surface area contributed by atoms with Crippen LogP contribution in [0.1, 0.15) is 61.0 Å². The molecule has 1 heterocycles. The summed E-state index contributed by atoms with van der Waals surface area (Å²) >= 11 is 0. The Morgan fingerprint density at radius 1 is 1.00 bits per heavy atom. The highest BCUT2D eigenvalue weighted by Gasteiger charge is 2.24. The van der Waals surface area contributed by atoms with E-state index in [0.717, 1.165) is 54.0 Å². The first-order valence-electron chi connectivity index (χ1n) is 12.3. The zero-order valence-corrected chi connectivity index (χ0v) is 19.1. The number of nitrogens with zero attached hydrogens (tertiary/aromatic N) is 2. The summed E-state index contributed by atoms with van der Waals surface area (Å²) in [7, 11) is 0. The van der Waals surface area contributed by atoms with E-state index in [4.69, 9.17) is 15.7 Å². The van der Waals surface area contributed by atoms with Gasteiger partial charge in [-0.05, 0) is 54.9 Å². The van der Waals surface area contributed by atoms with Crippen LogP contribution < -0.4 is 11.1 Å². The Kier molecular flexibility index (Phi) is 6.38. The van der Waals surface area contributed by atoms with Crippen molar-refractivity contribution in [3.63, 3.8) is 0 Å². The molecule has 0 bridgehead atoms. The molecule has 0 radical (unpaired) electrons. The first-order chi connectivity index (χ1) is 16.2. The Morgan fingerprint density at radius 3 is 2.64 bits per heavy atom. The van der Waals surface area contributed by atoms with E-state index in [-0.39, 0.29) is 5.91 Å². The van der Waals surface area contributed by atoms with Crippen molar-refractivity contribution in [3.05, 3.63) is 71.0 Å². The quantitative estimate of drug-likeness (QED) is 0.495. The summed E-state index contributed by atoms with van der Waals surface area (Å²) in [5, 5.41) is 3.12. The van der Waals surface area contributed by atoms with Gasteiger partial charge < -0.3 is 11.1 Å². The lowest BCUT2D eigenvalue weighted by Gasteiger charge is -2.24. The Morgan fingerprint density at radius 2 is 1.82 bits per heavy atom. The summed E-state index contributed by atoms with van der Waals surface area (Å²) in [4.78, 5) is 22.9. The second-order valence-electron chi connectivity index (χ2n) is 9.47. The molecule has 1 aromatic heterocycles. The van der Waals surface area contributed by atoms with Gasteiger partial charge in [-0.15, -0.1) is 0 Å². The third kappa shape index (κ3) is 5.08. The number of fused-ring (bicyclic) bond motifs is 3. The Balaban J connectivity index is 1.42. The standard InChI is InChI=1S/C28H32N4O/c29-22-13-14-23-21(18-22)12-15-24-27(23)30-25(17-20-9-5-2-6-10-20)28(31-24)32-26(33)16-11-19-7-3-1-4-8-19/h1,3-4,7-8,13-14,18,20H,2,5-6,9-12,15-17,29H2,(H,31,32,33). The van der Waals surface area contributed by atoms with Gasteiger partial charge >= 0.3 is 0 Å². The van der Waals surface area contributed by atoms with Crippen LogP contribution in [0.25, 0.3) is 11.3 Å². The van der Waals surface area contributed by atoms with Crippen LogP contribution in [0.5, 0.6) is 0 Å². The molecule has 0 aliphatic heterocycles. The van der Waals surface area contributed by atoms with Crippen molar-refractivity contribution in [1.29, 1.82) is 0 Å². The van der Waals surface area contributed by atoms with E-state index in [1.54, 1.807) is 0 Å². The summed E-state index contributed by atoms with van der Waals surface area (Å²) in [6.45, 7) is 0. The van der Waals surface area contributed by atoms with E-state index in [1.165, 1.54) is 43.2 Å². The number of hydrogen-bond donors (Lipinski definition) is 2. The van der Waals surface area contributed by atoms with Crippen LogP contribution in [-0.4, -0.2) is 15.9 Å². The van der Waals surface area contributed by atoms with E-state index in [0.29, 0.717) is 18.2 Å². The Labute approximate surface area is 195 Å². The number of nitrogens with two attached hydrogens (primary N) is 1. The first kappa shape index (κ1) is 21.6. The van der Waals surface area contributed by atoms with Crippen molar-refractivity contribution in [2.75, 3.05) is 11.1 Å². The maximum absolute atomic E-state index is 12.8. The van der Waals surface area contributed by atoms with Crippen molar-refractivity contribution in [1.82, 2.24) is 9.97 Å². The summed E-state index contributed by atoms with van der Waals surface area (Å²) in [6, 6.07) is 16.2. The van der Waals surface area contributed by atoms with Gasteiger partial charge in [-0.2, -0.15) is 0 Å². The molecule has 5 heteroatoms. The number of hydrogen-bond acceptors (Lipinski definition) is 4. The van der Waals surface area contributed by atoms with Crippen molar-refractivity contribution < 1.29 is 4.79 Å². The fraction of sp³-hybridized carbons (Fsp3) is 0.393. The molecule has 1 saturated carbocycles. The molecular weight excluding hydrogens is 408 g/mol. The third-order valence-corrected chi connectivity index (χ3v) is 7.00. The molecule has 33 heavy (non-hydrogen) atoms. The second-order valence-corrected chi connectivity index (χ2v) is 9.47. The number of anilines is 2. The lowest BCUT2D eigenvalue weighted by atomic mass is 9.85. The van der Waals surface area contributed by atoms with Crippen molar-refractivity contribution in [2.24, 2.45) is 5.92 Å². The second kappa shape index (κ2) is 9.74. The van der Waals surface area contributed by atoms with Crippen LogP contribution in [0.3, 0.4) is 0 Å². The Bertz CT molecular complexity index is 1140. The van der Waals surface area contributed by atoms with Crippen LogP contribution in [0, 0.1) is 5.92 Å². The van der Waals surface area contributed by atoms with Gasteiger partial charge in [0.25, 0.3) is 0 Å². The SMILES string of the molecule is Nc1ccc2c(c1)CCc1nc(NC(=O)CCc3ccccc3)c(CC3CCCCC3)nc1-2. The fourth-order valence-electron chi connectivity index (χ4n) is 5.20. The lowest BCUT2D eigenvalue weighted by molar-refractivity contribution is -0.116. The maximum atomic E-state index is 12.8. The number of carbonyl (C=O) groups excluding carboxylic acids is 1. The molecule has 1 amide bonds. The molecule has 0 unspecified atom stereocenters. The fourth-order valence-corrected chi connectivity index (χ4v) is 5.20. The number of carbonyl (C=O) groups is 1. The van der Waals surface area contributed by atoms with Gasteiger partial charge in [0.05, 0.1) is 17.1 Å². The molecular formula is C28H32N4O. The topological polar surface area (TPSA) is 80.9 Å². The molecule has 2 aromatic carbocycles. The maximum Gasteiger partial charge on any atom is 0.225 e. The normalized spacial score (nSPS) is 15.5. The monoisotopic (exact) mass is 440 g/mol. The summed E-state index contributed by atoms with van der Waals surface area (Å²) in [5.41, 5.74) is 13.2. The van der Waals surface area contributed by atoms with Crippen LogP contribution in [0.4, 0.5) is 11.5 Å².